The molecule has 80 valence electrons. The predicted molar refractivity (Wildman–Crippen MR) is 60.3 cm³/mol. The monoisotopic (exact) mass is 208 g/mol. The van der Waals surface area contributed by atoms with Gasteiger partial charge >= 0.3 is 0 Å². The fraction of sp³-hybridized carbons (Fsp3) is 0.667. The van der Waals surface area contributed by atoms with E-state index in [-0.39, 0.29) is 5.91 Å². The van der Waals surface area contributed by atoms with Gasteiger partial charge in [0.2, 0.25) is 5.91 Å². The molecule has 2 N–H and O–H groups in total. The highest BCUT2D eigenvalue weighted by Crippen LogP contribution is 1.70. The Morgan fingerprint density at radius 2 is 1.85 bits per heavy atom. The molecule has 0 aliphatic carbocycles. The van der Waals surface area contributed by atoms with Crippen molar-refractivity contribution in [1.29, 1.82) is 0 Å². The number of rotatable bonds is 3. The fourth-order valence-corrected chi connectivity index (χ4v) is 0.320. The van der Waals surface area contributed by atoms with E-state index in [9.17, 15) is 4.79 Å². The Balaban J connectivity index is -0.000000169. The summed E-state index contributed by atoms with van der Waals surface area (Å²) in [6.45, 7) is 6.05. The molecule has 0 aliphatic heterocycles. The summed E-state index contributed by atoms with van der Waals surface area (Å²) in [5, 5.41) is 5.38. The van der Waals surface area contributed by atoms with E-state index in [1.165, 1.54) is 12.5 Å². The van der Waals surface area contributed by atoms with Crippen molar-refractivity contribution in [2.75, 3.05) is 27.0 Å². The largest absolute Gasteiger partial charge is 0.353 e. The van der Waals surface area contributed by atoms with Crippen molar-refractivity contribution in [3.8, 4) is 0 Å². The lowest BCUT2D eigenvalue weighted by Crippen LogP contribution is -2.20. The van der Waals surface area contributed by atoms with Gasteiger partial charge in [0.05, 0.1) is 0 Å². The number of carbonyl (C=O) groups is 1. The molecular weight excluding hydrogens is 188 g/mol. The SMILES string of the molecule is C=CC(=O)NCCC.CCl.CNC. The molecule has 0 aliphatic rings. The maximum atomic E-state index is 10.3. The molecule has 0 bridgehead atoms. The molecule has 0 aromatic rings. The predicted octanol–water partition coefficient (Wildman–Crippen LogP) is 1.39. The van der Waals surface area contributed by atoms with Crippen molar-refractivity contribution in [3.05, 3.63) is 12.7 Å². The minimum Gasteiger partial charge on any atom is -0.353 e. The molecule has 0 spiro atoms. The first-order chi connectivity index (χ1) is 6.22. The van der Waals surface area contributed by atoms with Crippen LogP contribution in [0.2, 0.25) is 0 Å². The Labute approximate surface area is 86.5 Å². The van der Waals surface area contributed by atoms with Crippen LogP contribution in [0.5, 0.6) is 0 Å². The molecule has 0 fully saturated rings. The summed E-state index contributed by atoms with van der Waals surface area (Å²) in [4.78, 5) is 10.3. The maximum Gasteiger partial charge on any atom is 0.243 e. The molecule has 3 nitrogen and oxygen atoms in total. The zero-order valence-corrected chi connectivity index (χ0v) is 9.74. The topological polar surface area (TPSA) is 41.1 Å². The molecule has 0 rings (SSSR count). The van der Waals surface area contributed by atoms with Gasteiger partial charge in [-0.3, -0.25) is 4.79 Å². The van der Waals surface area contributed by atoms with Gasteiger partial charge in [0.1, 0.15) is 0 Å². The van der Waals surface area contributed by atoms with Crippen LogP contribution in [0, 0.1) is 0 Å². The summed E-state index contributed by atoms with van der Waals surface area (Å²) in [6.07, 6.45) is 3.72. The molecule has 0 radical (unpaired) electrons. The van der Waals surface area contributed by atoms with Crippen molar-refractivity contribution in [1.82, 2.24) is 10.6 Å². The Kier molecular flexibility index (Phi) is 31.7. The highest BCUT2D eigenvalue weighted by molar-refractivity contribution is 6.15. The van der Waals surface area contributed by atoms with Gasteiger partial charge < -0.3 is 10.6 Å². The average Bonchev–Trinajstić information content (AvgIpc) is 2.18. The summed E-state index contributed by atoms with van der Waals surface area (Å²) in [5.41, 5.74) is 0. The molecule has 0 saturated heterocycles. The lowest BCUT2D eigenvalue weighted by molar-refractivity contribution is -0.116. The van der Waals surface area contributed by atoms with Crippen molar-refractivity contribution in [2.24, 2.45) is 0 Å². The van der Waals surface area contributed by atoms with Gasteiger partial charge in [-0.05, 0) is 26.6 Å². The van der Waals surface area contributed by atoms with E-state index >= 15 is 0 Å². The quantitative estimate of drug-likeness (QED) is 0.544. The molecule has 0 atom stereocenters. The number of nitrogens with one attached hydrogen (secondary N) is 2. The van der Waals surface area contributed by atoms with Crippen LogP contribution in [0.3, 0.4) is 0 Å². The van der Waals surface area contributed by atoms with Crippen molar-refractivity contribution < 1.29 is 4.79 Å². The first kappa shape index (κ1) is 18.3. The molecule has 0 saturated carbocycles. The van der Waals surface area contributed by atoms with Gasteiger partial charge in [0, 0.05) is 12.9 Å². The number of hydrogen-bond acceptors (Lipinski definition) is 2. The lowest BCUT2D eigenvalue weighted by Gasteiger charge is -1.94. The second-order valence-electron chi connectivity index (χ2n) is 2.00. The minimum absolute atomic E-state index is 0.0909. The number of carbonyl (C=O) groups excluding carboxylic acids is 1. The van der Waals surface area contributed by atoms with Gasteiger partial charge in [0.25, 0.3) is 0 Å². The number of hydrogen-bond donors (Lipinski definition) is 2. The second kappa shape index (κ2) is 22.5. The third kappa shape index (κ3) is 34.4. The van der Waals surface area contributed by atoms with Crippen LogP contribution in [-0.2, 0) is 4.79 Å². The summed E-state index contributed by atoms with van der Waals surface area (Å²) < 4.78 is 0. The summed E-state index contributed by atoms with van der Waals surface area (Å²) >= 11 is 4.64. The zero-order chi connectivity index (χ0) is 11.1. The van der Waals surface area contributed by atoms with Crippen molar-refractivity contribution in [3.63, 3.8) is 0 Å². The third-order valence-electron chi connectivity index (χ3n) is 0.735. The van der Waals surface area contributed by atoms with Crippen LogP contribution in [-0.4, -0.2) is 32.9 Å². The molecule has 1 amide bonds. The second-order valence-corrected chi connectivity index (χ2v) is 2.00. The first-order valence-electron chi connectivity index (χ1n) is 4.09. The molecule has 0 unspecified atom stereocenters. The highest BCUT2D eigenvalue weighted by atomic mass is 35.5. The normalized spacial score (nSPS) is 6.85. The molecule has 0 heterocycles. The van der Waals surface area contributed by atoms with Crippen molar-refractivity contribution in [2.45, 2.75) is 13.3 Å². The molecule has 0 aromatic heterocycles. The van der Waals surface area contributed by atoms with E-state index in [1.807, 2.05) is 21.0 Å². The van der Waals surface area contributed by atoms with E-state index in [0.717, 1.165) is 13.0 Å². The van der Waals surface area contributed by atoms with Gasteiger partial charge in [0.15, 0.2) is 0 Å². The Hall–Kier alpha value is -0.540. The van der Waals surface area contributed by atoms with Crippen LogP contribution in [0.4, 0.5) is 0 Å². The molecule has 0 aromatic carbocycles. The average molecular weight is 209 g/mol. The summed E-state index contributed by atoms with van der Waals surface area (Å²) in [7, 11) is 3.75. The van der Waals surface area contributed by atoms with Gasteiger partial charge in [-0.1, -0.05) is 13.5 Å². The van der Waals surface area contributed by atoms with E-state index in [0.29, 0.717) is 0 Å². The molecular formula is C9H21ClN2O. The fourth-order valence-electron chi connectivity index (χ4n) is 0.320. The van der Waals surface area contributed by atoms with E-state index in [4.69, 9.17) is 0 Å². The van der Waals surface area contributed by atoms with E-state index in [1.54, 1.807) is 0 Å². The van der Waals surface area contributed by atoms with Crippen LogP contribution >= 0.6 is 11.6 Å². The number of alkyl halides is 1. The standard InChI is InChI=1S/C6H11NO.C2H7N.CH3Cl/c1-3-5-7-6(8)4-2;1-3-2;1-2/h4H,2-3,5H2,1H3,(H,7,8);3H,1-2H3;1H3. The molecule has 4 heteroatoms. The van der Waals surface area contributed by atoms with Crippen molar-refractivity contribution >= 4 is 17.5 Å². The minimum atomic E-state index is -0.0909. The zero-order valence-electron chi connectivity index (χ0n) is 8.98. The number of amides is 1. The van der Waals surface area contributed by atoms with Gasteiger partial charge in [-0.15, -0.1) is 11.6 Å². The Bertz CT molecular complexity index is 108. The Morgan fingerprint density at radius 1 is 1.46 bits per heavy atom. The number of halogens is 1. The van der Waals surface area contributed by atoms with Gasteiger partial charge in [-0.2, -0.15) is 0 Å². The Morgan fingerprint density at radius 3 is 2.08 bits per heavy atom. The van der Waals surface area contributed by atoms with E-state index in [2.05, 4.69) is 28.8 Å². The highest BCUT2D eigenvalue weighted by Gasteiger charge is 1.86. The summed E-state index contributed by atoms with van der Waals surface area (Å²) in [6, 6.07) is 0. The maximum absolute atomic E-state index is 10.3. The van der Waals surface area contributed by atoms with E-state index < -0.39 is 0 Å². The smallest absolute Gasteiger partial charge is 0.243 e. The van der Waals surface area contributed by atoms with Crippen LogP contribution in [0.1, 0.15) is 13.3 Å². The lowest BCUT2D eigenvalue weighted by atomic mass is 10.4. The summed E-state index contributed by atoms with van der Waals surface area (Å²) in [5.74, 6) is -0.0909. The van der Waals surface area contributed by atoms with Gasteiger partial charge in [-0.25, -0.2) is 0 Å². The third-order valence-corrected chi connectivity index (χ3v) is 0.735. The molecule has 13 heavy (non-hydrogen) atoms. The van der Waals surface area contributed by atoms with Crippen LogP contribution in [0.15, 0.2) is 12.7 Å². The first-order valence-corrected chi connectivity index (χ1v) is 4.85. The van der Waals surface area contributed by atoms with Crippen LogP contribution < -0.4 is 10.6 Å². The van der Waals surface area contributed by atoms with Crippen LogP contribution in [0.25, 0.3) is 0 Å².